The first-order chi connectivity index (χ1) is 24.4. The summed E-state index contributed by atoms with van der Waals surface area (Å²) < 4.78 is 0. The van der Waals surface area contributed by atoms with Crippen molar-refractivity contribution in [2.45, 2.75) is 240 Å². The van der Waals surface area contributed by atoms with Gasteiger partial charge in [-0.2, -0.15) is 0 Å². The molecule has 0 aromatic heterocycles. The summed E-state index contributed by atoms with van der Waals surface area (Å²) in [4.78, 5) is 8.13. The summed E-state index contributed by atoms with van der Waals surface area (Å²) in [6.45, 7) is 5.28. The third kappa shape index (κ3) is 8.20. The molecule has 286 valence electrons. The Kier molecular flexibility index (Phi) is 13.1. The molecule has 8 aliphatic carbocycles. The Morgan fingerprint density at radius 3 is 1.42 bits per heavy atom. The highest BCUT2D eigenvalue weighted by atomic mass is 79.9. The van der Waals surface area contributed by atoms with Gasteiger partial charge in [0.05, 0.1) is 0 Å². The monoisotopic (exact) mass is 816 g/mol. The average molecular weight is 819 g/mol. The second-order valence-corrected chi connectivity index (χ2v) is 22.9. The van der Waals surface area contributed by atoms with Crippen molar-refractivity contribution in [2.75, 3.05) is 0 Å². The highest BCUT2D eigenvalue weighted by molar-refractivity contribution is 9.09. The summed E-state index contributed by atoms with van der Waals surface area (Å²) in [7, 11) is 0. The van der Waals surface area contributed by atoms with Crippen LogP contribution < -0.4 is 0 Å². The van der Waals surface area contributed by atoms with Crippen LogP contribution in [0.25, 0.3) is 0 Å². The Morgan fingerprint density at radius 1 is 0.360 bits per heavy atom. The van der Waals surface area contributed by atoms with Gasteiger partial charge in [0.1, 0.15) is 0 Å². The standard InChI is InChI=1S/C46H78Br2N2/c1-31-9-4-18-43-42(31)17-8-19-44(43)49(40-15-6-13-36(47)29-40)38-25-21-33(22-26-38)34-23-27-39(28-24-34)50(41-16-7-14-37(48)30-41)45-20-5-12-35-11-3-10-32(2)46(35)45/h31-46H,3-30H2,1-2H3/t31?,32?,33?,34?,35?,36-,37?,38?,39?,40?,41?,42?,43?,44?,45?,46?/m1/s1. The number of hydrogen-bond acceptors (Lipinski definition) is 2. The van der Waals surface area contributed by atoms with Crippen LogP contribution in [0.5, 0.6) is 0 Å². The van der Waals surface area contributed by atoms with Crippen molar-refractivity contribution in [3.8, 4) is 0 Å². The zero-order valence-corrected chi connectivity index (χ0v) is 35.9. The van der Waals surface area contributed by atoms with Crippen LogP contribution in [0, 0.1) is 47.3 Å². The molecule has 8 fully saturated rings. The average Bonchev–Trinajstić information content (AvgIpc) is 3.13. The van der Waals surface area contributed by atoms with E-state index in [9.17, 15) is 0 Å². The van der Waals surface area contributed by atoms with E-state index in [4.69, 9.17) is 0 Å². The van der Waals surface area contributed by atoms with Gasteiger partial charge in [0.25, 0.3) is 0 Å². The van der Waals surface area contributed by atoms with Gasteiger partial charge in [0, 0.05) is 45.9 Å². The third-order valence-electron chi connectivity index (χ3n) is 17.7. The SMILES string of the molecule is CC1CCCC2C1CCCC2N(C1CCC(C2CCC(N(C3CCCC(Br)C3)C3CCCC4CCCC(C)C43)CC2)CC1)C1CCC[C@@H](Br)C1. The molecular formula is C46H78Br2N2. The van der Waals surface area contributed by atoms with E-state index < -0.39 is 0 Å². The normalized spacial score (nSPS) is 49.3. The van der Waals surface area contributed by atoms with E-state index in [1.54, 1.807) is 25.7 Å². The summed E-state index contributed by atoms with van der Waals surface area (Å²) in [5.41, 5.74) is 0. The van der Waals surface area contributed by atoms with Crippen molar-refractivity contribution < 1.29 is 0 Å². The predicted molar refractivity (Wildman–Crippen MR) is 220 cm³/mol. The number of rotatable bonds is 7. The molecule has 4 heteroatoms. The van der Waals surface area contributed by atoms with Gasteiger partial charge in [-0.15, -0.1) is 0 Å². The summed E-state index contributed by atoms with van der Waals surface area (Å²) in [5, 5.41) is 0. The van der Waals surface area contributed by atoms with Gasteiger partial charge < -0.3 is 0 Å². The van der Waals surface area contributed by atoms with Gasteiger partial charge >= 0.3 is 0 Å². The van der Waals surface area contributed by atoms with Crippen LogP contribution in [0.4, 0.5) is 0 Å². The molecule has 0 aromatic carbocycles. The van der Waals surface area contributed by atoms with Crippen molar-refractivity contribution in [2.24, 2.45) is 47.3 Å². The van der Waals surface area contributed by atoms with Crippen molar-refractivity contribution in [3.63, 3.8) is 0 Å². The van der Waals surface area contributed by atoms with Crippen LogP contribution in [0.2, 0.25) is 0 Å². The number of fused-ring (bicyclic) bond motifs is 2. The van der Waals surface area contributed by atoms with Gasteiger partial charge in [0.2, 0.25) is 0 Å². The molecule has 0 aromatic rings. The second-order valence-electron chi connectivity index (χ2n) is 20.3. The fourth-order valence-corrected chi connectivity index (χ4v) is 17.0. The zero-order chi connectivity index (χ0) is 34.2. The Morgan fingerprint density at radius 2 is 0.820 bits per heavy atom. The molecule has 12 atom stereocenters. The van der Waals surface area contributed by atoms with Crippen LogP contribution in [0.3, 0.4) is 0 Å². The van der Waals surface area contributed by atoms with Gasteiger partial charge in [-0.1, -0.05) is 110 Å². The van der Waals surface area contributed by atoms with Gasteiger partial charge in [-0.3, -0.25) is 9.80 Å². The smallest absolute Gasteiger partial charge is 0.0160 e. The molecule has 0 heterocycles. The minimum absolute atomic E-state index is 0.757. The Bertz CT molecular complexity index is 1050. The molecular weight excluding hydrogens is 740 g/mol. The van der Waals surface area contributed by atoms with Crippen molar-refractivity contribution >= 4 is 31.9 Å². The molecule has 8 aliphatic rings. The molecule has 0 saturated heterocycles. The maximum atomic E-state index is 4.14. The molecule has 0 radical (unpaired) electrons. The molecule has 0 aliphatic heterocycles. The van der Waals surface area contributed by atoms with Crippen LogP contribution in [-0.4, -0.2) is 55.7 Å². The molecule has 8 rings (SSSR count). The first-order valence-corrected chi connectivity index (χ1v) is 25.1. The lowest BCUT2D eigenvalue weighted by Gasteiger charge is -2.56. The van der Waals surface area contributed by atoms with E-state index in [0.29, 0.717) is 0 Å². The second kappa shape index (κ2) is 17.3. The molecule has 0 spiro atoms. The predicted octanol–water partition coefficient (Wildman–Crippen LogP) is 13.3. The van der Waals surface area contributed by atoms with Gasteiger partial charge in [-0.25, -0.2) is 0 Å². The fraction of sp³-hybridized carbons (Fsp3) is 1.00. The van der Waals surface area contributed by atoms with Gasteiger partial charge in [0.15, 0.2) is 0 Å². The van der Waals surface area contributed by atoms with Crippen LogP contribution in [-0.2, 0) is 0 Å². The number of nitrogens with zero attached hydrogens (tertiary/aromatic N) is 2. The molecule has 11 unspecified atom stereocenters. The molecule has 50 heavy (non-hydrogen) atoms. The first kappa shape index (κ1) is 37.8. The Hall–Kier alpha value is 0.880. The molecule has 0 bridgehead atoms. The van der Waals surface area contributed by atoms with E-state index in [-0.39, 0.29) is 0 Å². The van der Waals surface area contributed by atoms with Crippen LogP contribution in [0.15, 0.2) is 0 Å². The van der Waals surface area contributed by atoms with E-state index in [0.717, 1.165) is 93.2 Å². The van der Waals surface area contributed by atoms with E-state index in [1.165, 1.54) is 154 Å². The molecule has 0 N–H and O–H groups in total. The van der Waals surface area contributed by atoms with Crippen molar-refractivity contribution in [3.05, 3.63) is 0 Å². The minimum Gasteiger partial charge on any atom is -0.294 e. The summed E-state index contributed by atoms with van der Waals surface area (Å²) in [5.74, 6) is 8.00. The maximum Gasteiger partial charge on any atom is 0.0160 e. The number of halogens is 2. The molecule has 8 saturated carbocycles. The minimum atomic E-state index is 0.757. The zero-order valence-electron chi connectivity index (χ0n) is 32.7. The van der Waals surface area contributed by atoms with Crippen LogP contribution >= 0.6 is 31.9 Å². The third-order valence-corrected chi connectivity index (χ3v) is 19.4. The summed E-state index contributed by atoms with van der Waals surface area (Å²) in [6, 6.07) is 5.23. The Labute approximate surface area is 326 Å². The fourth-order valence-electron chi connectivity index (χ4n) is 15.5. The van der Waals surface area contributed by atoms with E-state index in [1.807, 2.05) is 0 Å². The molecule has 0 amide bonds. The number of hydrogen-bond donors (Lipinski definition) is 0. The van der Waals surface area contributed by atoms with Gasteiger partial charge in [-0.05, 0) is 163 Å². The lowest BCUT2D eigenvalue weighted by Crippen LogP contribution is -2.58. The highest BCUT2D eigenvalue weighted by Crippen LogP contribution is 2.51. The first-order valence-electron chi connectivity index (χ1n) is 23.3. The highest BCUT2D eigenvalue weighted by Gasteiger charge is 2.48. The summed E-state index contributed by atoms with van der Waals surface area (Å²) >= 11 is 8.28. The van der Waals surface area contributed by atoms with Crippen LogP contribution in [0.1, 0.15) is 194 Å². The maximum absolute atomic E-state index is 4.14. The van der Waals surface area contributed by atoms with E-state index >= 15 is 0 Å². The quantitative estimate of drug-likeness (QED) is 0.236. The lowest BCUT2D eigenvalue weighted by atomic mass is 9.62. The lowest BCUT2D eigenvalue weighted by molar-refractivity contribution is -0.0584. The molecule has 2 nitrogen and oxygen atoms in total. The summed E-state index contributed by atoms with van der Waals surface area (Å²) in [6.07, 6.45) is 41.9. The van der Waals surface area contributed by atoms with Crippen molar-refractivity contribution in [1.29, 1.82) is 0 Å². The number of alkyl halides is 2. The Balaban J connectivity index is 0.923. The largest absolute Gasteiger partial charge is 0.294 e. The van der Waals surface area contributed by atoms with Crippen molar-refractivity contribution in [1.82, 2.24) is 9.80 Å². The topological polar surface area (TPSA) is 6.48 Å². The van der Waals surface area contributed by atoms with E-state index in [2.05, 4.69) is 55.5 Å².